The highest BCUT2D eigenvalue weighted by Crippen LogP contribution is 2.23. The smallest absolute Gasteiger partial charge is 0.344 e. The highest BCUT2D eigenvalue weighted by Gasteiger charge is 2.07. The van der Waals surface area contributed by atoms with Crippen LogP contribution in [0.4, 0.5) is 13.2 Å². The lowest BCUT2D eigenvalue weighted by atomic mass is 10.0. The fourth-order valence-electron chi connectivity index (χ4n) is 1.83. The number of benzene rings is 2. The zero-order valence-corrected chi connectivity index (χ0v) is 11.7. The normalized spacial score (nSPS) is 11.2. The zero-order chi connectivity index (χ0) is 16.1. The standard InChI is InChI=1S/C17H13F3O2/c1-11(10-12-2-6-14(21)7-3-12)13-4-8-15(9-5-13)22-17(20)16(18)19/h2-10,21H,1H3/b11-10+. The number of phenols is 1. The summed E-state index contributed by atoms with van der Waals surface area (Å²) in [5.41, 5.74) is 2.67. The molecule has 5 heteroatoms. The summed E-state index contributed by atoms with van der Waals surface area (Å²) < 4.78 is 40.9. The van der Waals surface area contributed by atoms with Gasteiger partial charge in [-0.2, -0.15) is 13.2 Å². The molecule has 0 saturated heterocycles. The van der Waals surface area contributed by atoms with Crippen LogP contribution in [0.3, 0.4) is 0 Å². The van der Waals surface area contributed by atoms with Crippen LogP contribution in [0.15, 0.2) is 60.6 Å². The van der Waals surface area contributed by atoms with E-state index in [2.05, 4.69) is 4.74 Å². The molecule has 2 aromatic rings. The minimum atomic E-state index is -2.49. The van der Waals surface area contributed by atoms with Crippen molar-refractivity contribution in [3.05, 3.63) is 71.8 Å². The molecule has 22 heavy (non-hydrogen) atoms. The van der Waals surface area contributed by atoms with Gasteiger partial charge in [0.1, 0.15) is 11.5 Å². The van der Waals surface area contributed by atoms with Crippen LogP contribution >= 0.6 is 0 Å². The van der Waals surface area contributed by atoms with Crippen molar-refractivity contribution in [2.24, 2.45) is 0 Å². The number of rotatable bonds is 4. The summed E-state index contributed by atoms with van der Waals surface area (Å²) in [5.74, 6) is 0.179. The van der Waals surface area contributed by atoms with E-state index >= 15 is 0 Å². The van der Waals surface area contributed by atoms with Gasteiger partial charge in [0.2, 0.25) is 0 Å². The summed E-state index contributed by atoms with van der Waals surface area (Å²) in [6, 6.07) is 10.9. The zero-order valence-electron chi connectivity index (χ0n) is 11.7. The van der Waals surface area contributed by atoms with Gasteiger partial charge < -0.3 is 9.84 Å². The molecule has 2 nitrogen and oxygen atoms in total. The molecule has 1 N–H and O–H groups in total. The van der Waals surface area contributed by atoms with Crippen LogP contribution in [0, 0.1) is 0 Å². The van der Waals surface area contributed by atoms with Crippen LogP contribution in [-0.2, 0) is 0 Å². The molecule has 0 aliphatic rings. The van der Waals surface area contributed by atoms with Crippen molar-refractivity contribution >= 4 is 11.6 Å². The SMILES string of the molecule is C/C(=C\c1ccc(O)cc1)c1ccc(OC(F)=C(F)F)cc1. The van der Waals surface area contributed by atoms with Gasteiger partial charge in [-0.25, -0.2) is 0 Å². The number of phenolic OH excluding ortho intramolecular Hbond substituents is 1. The van der Waals surface area contributed by atoms with Crippen molar-refractivity contribution in [2.45, 2.75) is 6.92 Å². The molecule has 0 aliphatic carbocycles. The Hall–Kier alpha value is -2.69. The lowest BCUT2D eigenvalue weighted by molar-refractivity contribution is 0.241. The Morgan fingerprint density at radius 1 is 0.955 bits per heavy atom. The fourth-order valence-corrected chi connectivity index (χ4v) is 1.83. The van der Waals surface area contributed by atoms with Gasteiger partial charge in [-0.3, -0.25) is 0 Å². The average molecular weight is 306 g/mol. The first-order valence-electron chi connectivity index (χ1n) is 6.42. The summed E-state index contributed by atoms with van der Waals surface area (Å²) >= 11 is 0. The Morgan fingerprint density at radius 2 is 1.55 bits per heavy atom. The van der Waals surface area contributed by atoms with Crippen molar-refractivity contribution in [2.75, 3.05) is 0 Å². The van der Waals surface area contributed by atoms with Crippen LogP contribution in [0.5, 0.6) is 11.5 Å². The van der Waals surface area contributed by atoms with Crippen LogP contribution in [0.2, 0.25) is 0 Å². The number of allylic oxidation sites excluding steroid dienone is 1. The first kappa shape index (κ1) is 15.7. The van der Waals surface area contributed by atoms with Crippen LogP contribution in [0.1, 0.15) is 18.1 Å². The third-order valence-electron chi connectivity index (χ3n) is 2.94. The Bertz CT molecular complexity index is 698. The fraction of sp³-hybridized carbons (Fsp3) is 0.0588. The topological polar surface area (TPSA) is 29.5 Å². The summed E-state index contributed by atoms with van der Waals surface area (Å²) in [7, 11) is 0. The molecule has 0 bridgehead atoms. The van der Waals surface area contributed by atoms with Gasteiger partial charge in [-0.15, -0.1) is 0 Å². The second-order valence-corrected chi connectivity index (χ2v) is 4.58. The quantitative estimate of drug-likeness (QED) is 0.608. The van der Waals surface area contributed by atoms with E-state index in [-0.39, 0.29) is 11.5 Å². The molecule has 2 aromatic carbocycles. The first-order chi connectivity index (χ1) is 10.5. The largest absolute Gasteiger partial charge is 0.508 e. The summed E-state index contributed by atoms with van der Waals surface area (Å²) in [6.45, 7) is 1.88. The number of aromatic hydroxyl groups is 1. The van der Waals surface area contributed by atoms with Crippen molar-refractivity contribution in [1.29, 1.82) is 0 Å². The van der Waals surface area contributed by atoms with E-state index in [1.165, 1.54) is 12.1 Å². The van der Waals surface area contributed by atoms with Gasteiger partial charge in [-0.1, -0.05) is 30.3 Å². The molecule has 0 aromatic heterocycles. The van der Waals surface area contributed by atoms with Gasteiger partial charge in [0.25, 0.3) is 0 Å². The third-order valence-corrected chi connectivity index (χ3v) is 2.94. The molecule has 0 spiro atoms. The average Bonchev–Trinajstić information content (AvgIpc) is 2.50. The number of hydrogen-bond acceptors (Lipinski definition) is 2. The minimum Gasteiger partial charge on any atom is -0.508 e. The van der Waals surface area contributed by atoms with E-state index in [0.29, 0.717) is 0 Å². The van der Waals surface area contributed by atoms with E-state index in [1.807, 2.05) is 13.0 Å². The summed E-state index contributed by atoms with van der Waals surface area (Å²) in [4.78, 5) is 0. The van der Waals surface area contributed by atoms with Crippen molar-refractivity contribution in [3.63, 3.8) is 0 Å². The van der Waals surface area contributed by atoms with Gasteiger partial charge in [0.15, 0.2) is 0 Å². The van der Waals surface area contributed by atoms with Crippen LogP contribution in [-0.4, -0.2) is 5.11 Å². The number of ether oxygens (including phenoxy) is 1. The summed E-state index contributed by atoms with van der Waals surface area (Å²) in [6.07, 6.45) is -0.593. The Labute approximate surface area is 125 Å². The molecule has 0 radical (unpaired) electrons. The lowest BCUT2D eigenvalue weighted by Crippen LogP contribution is -1.91. The molecule has 2 rings (SSSR count). The monoisotopic (exact) mass is 306 g/mol. The lowest BCUT2D eigenvalue weighted by Gasteiger charge is -2.05. The first-order valence-corrected chi connectivity index (χ1v) is 6.42. The molecule has 114 valence electrons. The van der Waals surface area contributed by atoms with E-state index in [4.69, 9.17) is 0 Å². The van der Waals surface area contributed by atoms with Gasteiger partial charge in [-0.05, 0) is 47.9 Å². The van der Waals surface area contributed by atoms with Gasteiger partial charge in [0, 0.05) is 0 Å². The number of halogens is 3. The molecule has 0 aliphatic heterocycles. The molecule has 0 unspecified atom stereocenters. The van der Waals surface area contributed by atoms with E-state index in [9.17, 15) is 18.3 Å². The molecule has 0 atom stereocenters. The molecule has 0 fully saturated rings. The van der Waals surface area contributed by atoms with Crippen molar-refractivity contribution < 1.29 is 23.0 Å². The third kappa shape index (κ3) is 4.15. The second kappa shape index (κ2) is 6.85. The maximum Gasteiger partial charge on any atom is 0.344 e. The highest BCUT2D eigenvalue weighted by molar-refractivity contribution is 5.80. The highest BCUT2D eigenvalue weighted by atomic mass is 19.3. The molecule has 0 amide bonds. The predicted octanol–water partition coefficient (Wildman–Crippen LogP) is 5.37. The number of hydrogen-bond donors (Lipinski definition) is 1. The Kier molecular flexibility index (Phi) is 4.88. The maximum absolute atomic E-state index is 12.7. The van der Waals surface area contributed by atoms with Crippen molar-refractivity contribution in [3.8, 4) is 11.5 Å². The van der Waals surface area contributed by atoms with E-state index < -0.39 is 12.1 Å². The molecular formula is C17H13F3O2. The molecule has 0 saturated carbocycles. The van der Waals surface area contributed by atoms with Crippen LogP contribution in [0.25, 0.3) is 11.6 Å². The van der Waals surface area contributed by atoms with Crippen LogP contribution < -0.4 is 4.74 Å². The molecule has 0 heterocycles. The second-order valence-electron chi connectivity index (χ2n) is 4.58. The molecular weight excluding hydrogens is 293 g/mol. The Balaban J connectivity index is 2.16. The maximum atomic E-state index is 12.7. The van der Waals surface area contributed by atoms with Gasteiger partial charge >= 0.3 is 12.1 Å². The summed E-state index contributed by atoms with van der Waals surface area (Å²) in [5, 5.41) is 9.23. The van der Waals surface area contributed by atoms with Gasteiger partial charge in [0.05, 0.1) is 0 Å². The minimum absolute atomic E-state index is 0.00789. The predicted molar refractivity (Wildman–Crippen MR) is 79.1 cm³/mol. The Morgan fingerprint density at radius 3 is 2.09 bits per heavy atom. The van der Waals surface area contributed by atoms with Crippen molar-refractivity contribution in [1.82, 2.24) is 0 Å². The van der Waals surface area contributed by atoms with E-state index in [1.54, 1.807) is 36.4 Å². The van der Waals surface area contributed by atoms with E-state index in [0.717, 1.165) is 16.7 Å².